The minimum Gasteiger partial charge on any atom is -0.395 e. The Hall–Kier alpha value is -3.33. The minimum absolute atomic E-state index is 0.127. The number of hydrogen-bond acceptors (Lipinski definition) is 5. The molecule has 0 fully saturated rings. The number of hydrogen-bond donors (Lipinski definition) is 2. The van der Waals surface area contributed by atoms with Crippen LogP contribution in [0.4, 0.5) is 16.0 Å². The number of non-ortho nitro benzene ring substituents is 1. The van der Waals surface area contributed by atoms with Gasteiger partial charge in [-0.2, -0.15) is 0 Å². The maximum atomic E-state index is 13.0. The van der Waals surface area contributed by atoms with Crippen molar-refractivity contribution in [1.82, 2.24) is 9.55 Å². The van der Waals surface area contributed by atoms with Crippen LogP contribution in [0.5, 0.6) is 0 Å². The summed E-state index contributed by atoms with van der Waals surface area (Å²) in [5.74, 6) is -0.834. The number of nitro benzene ring substituents is 1. The van der Waals surface area contributed by atoms with Crippen molar-refractivity contribution in [3.63, 3.8) is 0 Å². The molecule has 8 nitrogen and oxygen atoms in total. The molecule has 0 aliphatic carbocycles. The van der Waals surface area contributed by atoms with Crippen molar-refractivity contribution in [2.24, 2.45) is 0 Å². The molecule has 0 atom stereocenters. The highest BCUT2D eigenvalue weighted by molar-refractivity contribution is 6.04. The predicted molar refractivity (Wildman–Crippen MR) is 87.8 cm³/mol. The number of carbonyl (C=O) groups is 1. The van der Waals surface area contributed by atoms with Gasteiger partial charge in [0.15, 0.2) is 0 Å². The van der Waals surface area contributed by atoms with Crippen LogP contribution >= 0.6 is 0 Å². The first-order chi connectivity index (χ1) is 12.0. The maximum Gasteiger partial charge on any atom is 0.271 e. The number of aromatic nitrogens is 2. The number of aliphatic hydroxyl groups is 1. The molecule has 0 aliphatic rings. The lowest BCUT2D eigenvalue weighted by Crippen LogP contribution is -2.16. The highest BCUT2D eigenvalue weighted by Crippen LogP contribution is 2.24. The first-order valence-electron chi connectivity index (χ1n) is 7.32. The third-order valence-electron chi connectivity index (χ3n) is 3.60. The van der Waals surface area contributed by atoms with Gasteiger partial charge in [0.1, 0.15) is 5.82 Å². The number of carbonyl (C=O) groups excluding carboxylic acids is 1. The molecule has 1 heterocycles. The number of aliphatic hydroxyl groups excluding tert-OH is 1. The third-order valence-corrected chi connectivity index (χ3v) is 3.60. The summed E-state index contributed by atoms with van der Waals surface area (Å²) in [4.78, 5) is 26.8. The van der Waals surface area contributed by atoms with Gasteiger partial charge in [-0.25, -0.2) is 9.37 Å². The van der Waals surface area contributed by atoms with Crippen LogP contribution < -0.4 is 5.32 Å². The van der Waals surface area contributed by atoms with Crippen LogP contribution in [0.1, 0.15) is 10.4 Å². The molecule has 9 heteroatoms. The van der Waals surface area contributed by atoms with Crippen LogP contribution in [-0.2, 0) is 6.54 Å². The van der Waals surface area contributed by atoms with Crippen molar-refractivity contribution in [3.05, 3.63) is 64.0 Å². The van der Waals surface area contributed by atoms with E-state index in [1.165, 1.54) is 30.3 Å². The molecule has 1 aromatic heterocycles. The Morgan fingerprint density at radius 1 is 1.28 bits per heavy atom. The van der Waals surface area contributed by atoms with E-state index in [0.29, 0.717) is 11.0 Å². The zero-order valence-corrected chi connectivity index (χ0v) is 12.8. The average Bonchev–Trinajstić information content (AvgIpc) is 2.92. The molecule has 2 aromatic carbocycles. The lowest BCUT2D eigenvalue weighted by Gasteiger charge is -2.08. The van der Waals surface area contributed by atoms with Gasteiger partial charge in [-0.1, -0.05) is 0 Å². The maximum absolute atomic E-state index is 13.0. The van der Waals surface area contributed by atoms with Gasteiger partial charge in [-0.15, -0.1) is 0 Å². The molecule has 0 saturated carbocycles. The number of nitrogens with one attached hydrogen (secondary N) is 1. The van der Waals surface area contributed by atoms with E-state index < -0.39 is 16.6 Å². The minimum atomic E-state index is -0.540. The van der Waals surface area contributed by atoms with Crippen molar-refractivity contribution in [1.29, 1.82) is 0 Å². The van der Waals surface area contributed by atoms with E-state index >= 15 is 0 Å². The lowest BCUT2D eigenvalue weighted by atomic mass is 10.2. The van der Waals surface area contributed by atoms with E-state index in [2.05, 4.69) is 10.3 Å². The molecule has 0 bridgehead atoms. The van der Waals surface area contributed by atoms with Crippen LogP contribution in [0.25, 0.3) is 11.0 Å². The van der Waals surface area contributed by atoms with E-state index in [1.807, 2.05) is 0 Å². The Morgan fingerprint density at radius 2 is 2.00 bits per heavy atom. The number of imidazole rings is 1. The van der Waals surface area contributed by atoms with Gasteiger partial charge >= 0.3 is 0 Å². The molecular formula is C16H13FN4O4. The largest absolute Gasteiger partial charge is 0.395 e. The van der Waals surface area contributed by atoms with E-state index in [9.17, 15) is 24.4 Å². The van der Waals surface area contributed by atoms with Crippen molar-refractivity contribution in [2.75, 3.05) is 11.9 Å². The fraction of sp³-hybridized carbons (Fsp3) is 0.125. The molecular weight excluding hydrogens is 331 g/mol. The molecule has 25 heavy (non-hydrogen) atoms. The highest BCUT2D eigenvalue weighted by atomic mass is 19.1. The van der Waals surface area contributed by atoms with Gasteiger partial charge in [-0.05, 0) is 30.3 Å². The molecule has 0 radical (unpaired) electrons. The number of amides is 1. The SMILES string of the molecule is O=C(Nc1nc2cc([N+](=O)[O-])ccc2n1CCO)c1ccc(F)cc1. The average molecular weight is 344 g/mol. The second-order valence-electron chi connectivity index (χ2n) is 5.20. The van der Waals surface area contributed by atoms with Crippen LogP contribution in [0, 0.1) is 15.9 Å². The predicted octanol–water partition coefficient (Wildman–Crippen LogP) is 2.33. The number of nitrogens with zero attached hydrogens (tertiary/aromatic N) is 3. The second-order valence-corrected chi connectivity index (χ2v) is 5.20. The van der Waals surface area contributed by atoms with E-state index in [-0.39, 0.29) is 30.4 Å². The van der Waals surface area contributed by atoms with Gasteiger partial charge < -0.3 is 9.67 Å². The van der Waals surface area contributed by atoms with Gasteiger partial charge in [0, 0.05) is 24.2 Å². The Bertz CT molecular complexity index is 953. The van der Waals surface area contributed by atoms with Gasteiger partial charge in [-0.3, -0.25) is 20.2 Å². The van der Waals surface area contributed by atoms with Crippen LogP contribution in [-0.4, -0.2) is 32.1 Å². The summed E-state index contributed by atoms with van der Waals surface area (Å²) in [7, 11) is 0. The number of fused-ring (bicyclic) bond motifs is 1. The van der Waals surface area contributed by atoms with E-state index in [4.69, 9.17) is 0 Å². The number of anilines is 1. The molecule has 0 spiro atoms. The summed E-state index contributed by atoms with van der Waals surface area (Å²) >= 11 is 0. The zero-order valence-electron chi connectivity index (χ0n) is 12.8. The molecule has 128 valence electrons. The van der Waals surface area contributed by atoms with Gasteiger partial charge in [0.05, 0.1) is 22.6 Å². The van der Waals surface area contributed by atoms with E-state index in [0.717, 1.165) is 12.1 Å². The Kier molecular flexibility index (Phi) is 4.40. The van der Waals surface area contributed by atoms with Crippen molar-refractivity contribution in [2.45, 2.75) is 6.54 Å². The lowest BCUT2D eigenvalue weighted by molar-refractivity contribution is -0.384. The third kappa shape index (κ3) is 3.31. The first kappa shape index (κ1) is 16.5. The van der Waals surface area contributed by atoms with Crippen LogP contribution in [0.2, 0.25) is 0 Å². The summed E-state index contributed by atoms with van der Waals surface area (Å²) in [5.41, 5.74) is 0.957. The molecule has 1 amide bonds. The summed E-state index contributed by atoms with van der Waals surface area (Å²) < 4.78 is 14.5. The fourth-order valence-electron chi connectivity index (χ4n) is 2.43. The second kappa shape index (κ2) is 6.65. The standard InChI is InChI=1S/C16H13FN4O4/c17-11-3-1-10(2-4-11)15(23)19-16-18-13-9-12(21(24)25)5-6-14(13)20(16)7-8-22/h1-6,9,22H,7-8H2,(H,18,19,23). The summed E-state index contributed by atoms with van der Waals surface area (Å²) in [6.45, 7) is -0.0603. The molecule has 0 unspecified atom stereocenters. The zero-order chi connectivity index (χ0) is 18.0. The molecule has 0 aliphatic heterocycles. The Labute approximate surface area is 140 Å². The smallest absolute Gasteiger partial charge is 0.271 e. The van der Waals surface area contributed by atoms with Gasteiger partial charge in [0.25, 0.3) is 11.6 Å². The quantitative estimate of drug-likeness (QED) is 0.545. The number of nitro groups is 1. The summed E-state index contributed by atoms with van der Waals surface area (Å²) in [6, 6.07) is 9.09. The number of halogens is 1. The highest BCUT2D eigenvalue weighted by Gasteiger charge is 2.17. The van der Waals surface area contributed by atoms with Crippen molar-refractivity contribution < 1.29 is 19.2 Å². The fourth-order valence-corrected chi connectivity index (χ4v) is 2.43. The van der Waals surface area contributed by atoms with Crippen LogP contribution in [0.15, 0.2) is 42.5 Å². The topological polar surface area (TPSA) is 110 Å². The molecule has 0 saturated heterocycles. The van der Waals surface area contributed by atoms with Crippen LogP contribution in [0.3, 0.4) is 0 Å². The molecule has 2 N–H and O–H groups in total. The normalized spacial score (nSPS) is 10.8. The van der Waals surface area contributed by atoms with Crippen molar-refractivity contribution >= 4 is 28.6 Å². The van der Waals surface area contributed by atoms with Gasteiger partial charge in [0.2, 0.25) is 5.95 Å². The number of rotatable bonds is 5. The van der Waals surface area contributed by atoms with Crippen molar-refractivity contribution in [3.8, 4) is 0 Å². The summed E-state index contributed by atoms with van der Waals surface area (Å²) in [6.07, 6.45) is 0. The van der Waals surface area contributed by atoms with E-state index in [1.54, 1.807) is 4.57 Å². The summed E-state index contributed by atoms with van der Waals surface area (Å²) in [5, 5.41) is 22.7. The first-order valence-corrected chi connectivity index (χ1v) is 7.32. The molecule has 3 rings (SSSR count). The Morgan fingerprint density at radius 3 is 2.64 bits per heavy atom. The molecule has 3 aromatic rings. The number of benzene rings is 2. The monoisotopic (exact) mass is 344 g/mol. The Balaban J connectivity index is 1.99.